The number of carbonyl (C=O) groups is 2. The lowest BCUT2D eigenvalue weighted by Crippen LogP contribution is -2.46. The van der Waals surface area contributed by atoms with E-state index in [1.165, 1.54) is 12.8 Å². The maximum absolute atomic E-state index is 12.5. The number of hydrogen-bond donors (Lipinski definition) is 3. The van der Waals surface area contributed by atoms with Gasteiger partial charge in [-0.15, -0.1) is 0 Å². The Morgan fingerprint density at radius 2 is 2.00 bits per heavy atom. The fraction of sp³-hybridized carbons (Fsp3) is 0.556. The van der Waals surface area contributed by atoms with Crippen LogP contribution in [0.5, 0.6) is 0 Å². The van der Waals surface area contributed by atoms with E-state index in [-0.39, 0.29) is 18.4 Å². The molecule has 2 amide bonds. The van der Waals surface area contributed by atoms with Gasteiger partial charge in [-0.05, 0) is 44.5 Å². The molecule has 1 unspecified atom stereocenters. The van der Waals surface area contributed by atoms with Gasteiger partial charge < -0.3 is 20.9 Å². The maximum Gasteiger partial charge on any atom is 0.246 e. The first-order valence-corrected chi connectivity index (χ1v) is 8.74. The van der Waals surface area contributed by atoms with Crippen LogP contribution in [0.4, 0.5) is 11.4 Å². The van der Waals surface area contributed by atoms with Crippen LogP contribution in [-0.4, -0.2) is 44.5 Å². The smallest absolute Gasteiger partial charge is 0.246 e. The summed E-state index contributed by atoms with van der Waals surface area (Å²) in [4.78, 5) is 26.6. The molecule has 2 rings (SSSR count). The molecular weight excluding hydrogens is 304 g/mol. The highest BCUT2D eigenvalue weighted by molar-refractivity contribution is 5.97. The molecule has 1 saturated heterocycles. The predicted molar refractivity (Wildman–Crippen MR) is 97.3 cm³/mol. The SMILES string of the molecule is CCCC(NC(=O)CNC)C(=O)Nc1cccc(N2CCCC2)c1. The van der Waals surface area contributed by atoms with Gasteiger partial charge in [-0.3, -0.25) is 9.59 Å². The van der Waals surface area contributed by atoms with Gasteiger partial charge in [-0.25, -0.2) is 0 Å². The van der Waals surface area contributed by atoms with Crippen molar-refractivity contribution in [3.05, 3.63) is 24.3 Å². The van der Waals surface area contributed by atoms with Crippen LogP contribution >= 0.6 is 0 Å². The van der Waals surface area contributed by atoms with Crippen molar-refractivity contribution in [3.8, 4) is 0 Å². The molecule has 1 heterocycles. The summed E-state index contributed by atoms with van der Waals surface area (Å²) in [6.07, 6.45) is 3.87. The van der Waals surface area contributed by atoms with Crippen LogP contribution in [0.15, 0.2) is 24.3 Å². The first-order chi connectivity index (χ1) is 11.6. The molecule has 6 heteroatoms. The Hall–Kier alpha value is -2.08. The van der Waals surface area contributed by atoms with Crippen molar-refractivity contribution in [2.24, 2.45) is 0 Å². The van der Waals surface area contributed by atoms with Gasteiger partial charge in [0, 0.05) is 24.5 Å². The largest absolute Gasteiger partial charge is 0.371 e. The summed E-state index contributed by atoms with van der Waals surface area (Å²) in [6.45, 7) is 4.34. The zero-order valence-corrected chi connectivity index (χ0v) is 14.6. The Balaban J connectivity index is 2.00. The molecule has 1 aliphatic rings. The highest BCUT2D eigenvalue weighted by Crippen LogP contribution is 2.23. The molecule has 0 radical (unpaired) electrons. The molecule has 0 aliphatic carbocycles. The molecule has 3 N–H and O–H groups in total. The molecule has 1 fully saturated rings. The third kappa shape index (κ3) is 5.23. The molecule has 1 aromatic carbocycles. The normalized spacial score (nSPS) is 15.2. The van der Waals surface area contributed by atoms with Crippen molar-refractivity contribution < 1.29 is 9.59 Å². The summed E-state index contributed by atoms with van der Waals surface area (Å²) in [5.74, 6) is -0.336. The molecule has 1 aliphatic heterocycles. The number of anilines is 2. The summed E-state index contributed by atoms with van der Waals surface area (Å²) >= 11 is 0. The van der Waals surface area contributed by atoms with Crippen molar-refractivity contribution in [2.75, 3.05) is 36.9 Å². The quantitative estimate of drug-likeness (QED) is 0.678. The first-order valence-electron chi connectivity index (χ1n) is 8.74. The van der Waals surface area contributed by atoms with Crippen LogP contribution in [0.1, 0.15) is 32.6 Å². The van der Waals surface area contributed by atoms with E-state index in [9.17, 15) is 9.59 Å². The van der Waals surface area contributed by atoms with Crippen molar-refractivity contribution in [3.63, 3.8) is 0 Å². The molecule has 1 atom stereocenters. The minimum absolute atomic E-state index is 0.167. The van der Waals surface area contributed by atoms with Crippen LogP contribution in [0.2, 0.25) is 0 Å². The zero-order chi connectivity index (χ0) is 17.4. The van der Waals surface area contributed by atoms with Crippen molar-refractivity contribution in [1.29, 1.82) is 0 Å². The van der Waals surface area contributed by atoms with Gasteiger partial charge in [0.2, 0.25) is 11.8 Å². The lowest BCUT2D eigenvalue weighted by Gasteiger charge is -2.20. The summed E-state index contributed by atoms with van der Waals surface area (Å²) in [5.41, 5.74) is 1.91. The van der Waals surface area contributed by atoms with Gasteiger partial charge in [0.05, 0.1) is 6.54 Å². The number of benzene rings is 1. The van der Waals surface area contributed by atoms with Gasteiger partial charge in [0.25, 0.3) is 0 Å². The second kappa shape index (κ2) is 9.27. The van der Waals surface area contributed by atoms with Gasteiger partial charge in [0.1, 0.15) is 6.04 Å². The van der Waals surface area contributed by atoms with Crippen molar-refractivity contribution in [2.45, 2.75) is 38.6 Å². The molecular formula is C18H28N4O2. The Labute approximate surface area is 144 Å². The average Bonchev–Trinajstić information content (AvgIpc) is 3.09. The van der Waals surface area contributed by atoms with E-state index in [1.54, 1.807) is 7.05 Å². The summed E-state index contributed by atoms with van der Waals surface area (Å²) in [7, 11) is 1.71. The van der Waals surface area contributed by atoms with E-state index in [2.05, 4.69) is 26.9 Å². The number of nitrogens with one attached hydrogen (secondary N) is 3. The molecule has 132 valence electrons. The van der Waals surface area contributed by atoms with Gasteiger partial charge >= 0.3 is 0 Å². The van der Waals surface area contributed by atoms with E-state index in [4.69, 9.17) is 0 Å². The fourth-order valence-electron chi connectivity index (χ4n) is 2.95. The third-order valence-electron chi connectivity index (χ3n) is 4.15. The maximum atomic E-state index is 12.5. The summed E-state index contributed by atoms with van der Waals surface area (Å²) < 4.78 is 0. The topological polar surface area (TPSA) is 73.5 Å². The van der Waals surface area contributed by atoms with Crippen LogP contribution in [-0.2, 0) is 9.59 Å². The fourth-order valence-corrected chi connectivity index (χ4v) is 2.95. The Bertz CT molecular complexity index is 556. The first kappa shape index (κ1) is 18.3. The van der Waals surface area contributed by atoms with Gasteiger partial charge in [0.15, 0.2) is 0 Å². The van der Waals surface area contributed by atoms with Crippen LogP contribution in [0, 0.1) is 0 Å². The number of likely N-dealkylation sites (N-methyl/N-ethyl adjacent to an activating group) is 1. The Kier molecular flexibility index (Phi) is 7.06. The number of nitrogens with zero attached hydrogens (tertiary/aromatic N) is 1. The van der Waals surface area contributed by atoms with E-state index in [0.717, 1.165) is 30.9 Å². The van der Waals surface area contributed by atoms with Crippen LogP contribution in [0.3, 0.4) is 0 Å². The highest BCUT2D eigenvalue weighted by atomic mass is 16.2. The minimum atomic E-state index is -0.508. The molecule has 1 aromatic rings. The van der Waals surface area contributed by atoms with E-state index >= 15 is 0 Å². The highest BCUT2D eigenvalue weighted by Gasteiger charge is 2.20. The molecule has 0 spiro atoms. The Morgan fingerprint density at radius 3 is 2.67 bits per heavy atom. The van der Waals surface area contributed by atoms with Crippen LogP contribution in [0.25, 0.3) is 0 Å². The molecule has 0 saturated carbocycles. The molecule has 0 bridgehead atoms. The molecule has 24 heavy (non-hydrogen) atoms. The summed E-state index contributed by atoms with van der Waals surface area (Å²) in [5, 5.41) is 8.52. The third-order valence-corrected chi connectivity index (χ3v) is 4.15. The molecule has 6 nitrogen and oxygen atoms in total. The lowest BCUT2D eigenvalue weighted by molar-refractivity contribution is -0.126. The van der Waals surface area contributed by atoms with E-state index in [1.807, 2.05) is 25.1 Å². The summed E-state index contributed by atoms with van der Waals surface area (Å²) in [6, 6.07) is 7.40. The van der Waals surface area contributed by atoms with E-state index < -0.39 is 6.04 Å². The van der Waals surface area contributed by atoms with E-state index in [0.29, 0.717) is 6.42 Å². The number of amides is 2. The standard InChI is InChI=1S/C18H28N4O2/c1-3-7-16(21-17(23)13-19-2)18(24)20-14-8-6-9-15(12-14)22-10-4-5-11-22/h6,8-9,12,16,19H,3-5,7,10-11,13H2,1-2H3,(H,20,24)(H,21,23). The van der Waals surface area contributed by atoms with Gasteiger partial charge in [-0.1, -0.05) is 19.4 Å². The molecule has 0 aromatic heterocycles. The second-order valence-corrected chi connectivity index (χ2v) is 6.17. The monoisotopic (exact) mass is 332 g/mol. The van der Waals surface area contributed by atoms with Crippen molar-refractivity contribution >= 4 is 23.2 Å². The van der Waals surface area contributed by atoms with Gasteiger partial charge in [-0.2, -0.15) is 0 Å². The zero-order valence-electron chi connectivity index (χ0n) is 14.6. The predicted octanol–water partition coefficient (Wildman–Crippen LogP) is 1.73. The average molecular weight is 332 g/mol. The number of hydrogen-bond acceptors (Lipinski definition) is 4. The Morgan fingerprint density at radius 1 is 1.25 bits per heavy atom. The minimum Gasteiger partial charge on any atom is -0.371 e. The lowest BCUT2D eigenvalue weighted by atomic mass is 10.1. The number of carbonyl (C=O) groups excluding carboxylic acids is 2. The number of rotatable bonds is 8. The van der Waals surface area contributed by atoms with Crippen molar-refractivity contribution in [1.82, 2.24) is 10.6 Å². The van der Waals surface area contributed by atoms with Crippen LogP contribution < -0.4 is 20.9 Å². The second-order valence-electron chi connectivity index (χ2n) is 6.17.